The Bertz CT molecular complexity index is 1020. The second kappa shape index (κ2) is 8.46. The van der Waals surface area contributed by atoms with Crippen molar-refractivity contribution in [2.24, 2.45) is 13.0 Å². The number of benzene rings is 1. The standard InChI is InChI=1S/C24H32FN5O2/c1-29-20-14-17(2-3-18(20)22(28-29)19-4-5-21(31)27-23(19)32)30-12-8-24(25,9-13-30)15-16-6-10-26-11-7-16/h2-3,14,16,19,26H,4-13,15H2,1H3,(H,27,31,32). The monoisotopic (exact) mass is 441 g/mol. The molecule has 1 atom stereocenters. The van der Waals surface area contributed by atoms with Crippen LogP contribution in [0, 0.1) is 5.92 Å². The molecule has 0 aliphatic carbocycles. The number of rotatable bonds is 4. The quantitative estimate of drug-likeness (QED) is 0.714. The van der Waals surface area contributed by atoms with Gasteiger partial charge in [-0.25, -0.2) is 4.39 Å². The average Bonchev–Trinajstić information content (AvgIpc) is 3.10. The summed E-state index contributed by atoms with van der Waals surface area (Å²) in [5.41, 5.74) is 1.70. The normalized spacial score (nSPS) is 24.7. The van der Waals surface area contributed by atoms with E-state index in [2.05, 4.69) is 32.8 Å². The minimum Gasteiger partial charge on any atom is -0.371 e. The van der Waals surface area contributed by atoms with Crippen molar-refractivity contribution in [3.63, 3.8) is 0 Å². The summed E-state index contributed by atoms with van der Waals surface area (Å²) in [4.78, 5) is 26.1. The number of nitrogens with one attached hydrogen (secondary N) is 2. The Morgan fingerprint density at radius 2 is 1.91 bits per heavy atom. The molecule has 3 aliphatic rings. The molecule has 1 aromatic heterocycles. The molecule has 0 spiro atoms. The second-order valence-electron chi connectivity index (χ2n) is 9.75. The summed E-state index contributed by atoms with van der Waals surface area (Å²) >= 11 is 0. The maximum absolute atomic E-state index is 15.5. The van der Waals surface area contributed by atoms with E-state index in [0.29, 0.717) is 51.1 Å². The smallest absolute Gasteiger partial charge is 0.235 e. The molecular formula is C24H32FN5O2. The zero-order chi connectivity index (χ0) is 22.3. The van der Waals surface area contributed by atoms with E-state index in [0.717, 1.165) is 48.2 Å². The van der Waals surface area contributed by atoms with Crippen LogP contribution in [0.15, 0.2) is 18.2 Å². The number of fused-ring (bicyclic) bond motifs is 1. The van der Waals surface area contributed by atoms with E-state index >= 15 is 4.39 Å². The number of nitrogens with zero attached hydrogens (tertiary/aromatic N) is 3. The van der Waals surface area contributed by atoms with Crippen LogP contribution in [-0.2, 0) is 16.6 Å². The molecule has 1 unspecified atom stereocenters. The summed E-state index contributed by atoms with van der Waals surface area (Å²) in [5, 5.41) is 11.4. The highest BCUT2D eigenvalue weighted by atomic mass is 19.1. The Balaban J connectivity index is 1.30. The van der Waals surface area contributed by atoms with E-state index in [1.807, 2.05) is 13.1 Å². The van der Waals surface area contributed by atoms with E-state index in [1.165, 1.54) is 0 Å². The van der Waals surface area contributed by atoms with Crippen molar-refractivity contribution in [2.75, 3.05) is 31.1 Å². The number of hydrogen-bond acceptors (Lipinski definition) is 5. The van der Waals surface area contributed by atoms with Crippen LogP contribution in [0.5, 0.6) is 0 Å². The van der Waals surface area contributed by atoms with Crippen molar-refractivity contribution in [3.05, 3.63) is 23.9 Å². The van der Waals surface area contributed by atoms with Gasteiger partial charge in [0.15, 0.2) is 0 Å². The first-order chi connectivity index (χ1) is 15.4. The van der Waals surface area contributed by atoms with E-state index in [4.69, 9.17) is 0 Å². The molecule has 0 bridgehead atoms. The molecule has 2 aromatic rings. The fourth-order valence-electron chi connectivity index (χ4n) is 5.66. The van der Waals surface area contributed by atoms with Gasteiger partial charge in [-0.2, -0.15) is 5.10 Å². The number of anilines is 1. The van der Waals surface area contributed by atoms with Gasteiger partial charge in [0.2, 0.25) is 11.8 Å². The van der Waals surface area contributed by atoms with E-state index in [-0.39, 0.29) is 11.8 Å². The van der Waals surface area contributed by atoms with Crippen molar-refractivity contribution >= 4 is 28.4 Å². The average molecular weight is 442 g/mol. The second-order valence-corrected chi connectivity index (χ2v) is 9.75. The van der Waals surface area contributed by atoms with Gasteiger partial charge >= 0.3 is 0 Å². The van der Waals surface area contributed by atoms with Crippen molar-refractivity contribution in [2.45, 2.75) is 56.5 Å². The van der Waals surface area contributed by atoms with Gasteiger partial charge in [0.25, 0.3) is 0 Å². The topological polar surface area (TPSA) is 79.3 Å². The van der Waals surface area contributed by atoms with Crippen LogP contribution in [0.1, 0.15) is 56.6 Å². The number of piperidine rings is 3. The van der Waals surface area contributed by atoms with Crippen LogP contribution in [-0.4, -0.2) is 53.4 Å². The van der Waals surface area contributed by atoms with Gasteiger partial charge in [0.05, 0.1) is 17.1 Å². The van der Waals surface area contributed by atoms with Crippen molar-refractivity contribution < 1.29 is 14.0 Å². The molecular weight excluding hydrogens is 409 g/mol. The van der Waals surface area contributed by atoms with Crippen molar-refractivity contribution in [3.8, 4) is 0 Å². The first-order valence-electron chi connectivity index (χ1n) is 11.9. The van der Waals surface area contributed by atoms with Crippen LogP contribution in [0.2, 0.25) is 0 Å². The van der Waals surface area contributed by atoms with Crippen LogP contribution in [0.4, 0.5) is 10.1 Å². The molecule has 2 amide bonds. The zero-order valence-electron chi connectivity index (χ0n) is 18.7. The fraction of sp³-hybridized carbons (Fsp3) is 0.625. The summed E-state index contributed by atoms with van der Waals surface area (Å²) in [7, 11) is 1.88. The SMILES string of the molecule is Cn1nc(C2CCC(=O)NC2=O)c2ccc(N3CCC(F)(CC4CCNCC4)CC3)cc21. The third-order valence-corrected chi connectivity index (χ3v) is 7.57. The number of carbonyl (C=O) groups is 2. The molecule has 4 heterocycles. The van der Waals surface area contributed by atoms with Gasteiger partial charge < -0.3 is 10.2 Å². The molecule has 0 radical (unpaired) electrons. The minimum atomic E-state index is -1.05. The third-order valence-electron chi connectivity index (χ3n) is 7.57. The summed E-state index contributed by atoms with van der Waals surface area (Å²) in [6.45, 7) is 3.45. The summed E-state index contributed by atoms with van der Waals surface area (Å²) < 4.78 is 17.3. The number of alkyl halides is 1. The number of halogens is 1. The molecule has 7 nitrogen and oxygen atoms in total. The van der Waals surface area contributed by atoms with E-state index < -0.39 is 11.6 Å². The zero-order valence-corrected chi connectivity index (χ0v) is 18.7. The Labute approximate surface area is 187 Å². The maximum Gasteiger partial charge on any atom is 0.235 e. The number of imide groups is 1. The van der Waals surface area contributed by atoms with E-state index in [1.54, 1.807) is 4.68 Å². The molecule has 0 saturated carbocycles. The highest BCUT2D eigenvalue weighted by Gasteiger charge is 2.37. The summed E-state index contributed by atoms with van der Waals surface area (Å²) in [6.07, 6.45) is 4.83. The lowest BCUT2D eigenvalue weighted by Gasteiger charge is -2.40. The largest absolute Gasteiger partial charge is 0.371 e. The Kier molecular flexibility index (Phi) is 5.65. The van der Waals surface area contributed by atoms with Gasteiger partial charge in [0, 0.05) is 37.6 Å². The predicted octanol–water partition coefficient (Wildman–Crippen LogP) is 2.79. The van der Waals surface area contributed by atoms with Crippen LogP contribution in [0.3, 0.4) is 0 Å². The molecule has 3 saturated heterocycles. The first-order valence-corrected chi connectivity index (χ1v) is 11.9. The highest BCUT2D eigenvalue weighted by molar-refractivity contribution is 6.02. The number of amides is 2. The van der Waals surface area contributed by atoms with Crippen molar-refractivity contribution in [1.29, 1.82) is 0 Å². The maximum atomic E-state index is 15.5. The number of aromatic nitrogens is 2. The van der Waals surface area contributed by atoms with Crippen LogP contribution in [0.25, 0.3) is 10.9 Å². The summed E-state index contributed by atoms with van der Waals surface area (Å²) in [6, 6.07) is 6.16. The van der Waals surface area contributed by atoms with Gasteiger partial charge in [-0.05, 0) is 75.7 Å². The number of carbonyl (C=O) groups excluding carboxylic acids is 2. The van der Waals surface area contributed by atoms with Gasteiger partial charge in [-0.3, -0.25) is 19.6 Å². The fourth-order valence-corrected chi connectivity index (χ4v) is 5.66. The predicted molar refractivity (Wildman–Crippen MR) is 121 cm³/mol. The van der Waals surface area contributed by atoms with Gasteiger partial charge in [-0.15, -0.1) is 0 Å². The molecule has 5 rings (SSSR count). The highest BCUT2D eigenvalue weighted by Crippen LogP contribution is 2.38. The molecule has 172 valence electrons. The Morgan fingerprint density at radius 3 is 2.62 bits per heavy atom. The molecule has 8 heteroatoms. The third kappa shape index (κ3) is 4.12. The molecule has 2 N–H and O–H groups in total. The molecule has 3 aliphatic heterocycles. The number of aryl methyl sites for hydroxylation is 1. The van der Waals surface area contributed by atoms with Gasteiger partial charge in [0.1, 0.15) is 5.67 Å². The van der Waals surface area contributed by atoms with Crippen molar-refractivity contribution in [1.82, 2.24) is 20.4 Å². The minimum absolute atomic E-state index is 0.219. The van der Waals surface area contributed by atoms with Gasteiger partial charge in [-0.1, -0.05) is 0 Å². The lowest BCUT2D eigenvalue weighted by molar-refractivity contribution is -0.134. The Morgan fingerprint density at radius 1 is 1.16 bits per heavy atom. The molecule has 1 aromatic carbocycles. The first kappa shape index (κ1) is 21.4. The molecule has 32 heavy (non-hydrogen) atoms. The van der Waals surface area contributed by atoms with E-state index in [9.17, 15) is 9.59 Å². The summed E-state index contributed by atoms with van der Waals surface area (Å²) in [5.74, 6) is -0.388. The van der Waals surface area contributed by atoms with Crippen LogP contribution < -0.4 is 15.5 Å². The Hall–Kier alpha value is -2.48. The number of hydrogen-bond donors (Lipinski definition) is 2. The van der Waals surface area contributed by atoms with Crippen LogP contribution >= 0.6 is 0 Å². The lowest BCUT2D eigenvalue weighted by Crippen LogP contribution is -2.43. The molecule has 3 fully saturated rings. The lowest BCUT2D eigenvalue weighted by atomic mass is 9.81.